The van der Waals surface area contributed by atoms with Crippen molar-refractivity contribution in [3.8, 4) is 17.6 Å². The highest BCUT2D eigenvalue weighted by molar-refractivity contribution is 6.10. The molecule has 1 saturated carbocycles. The van der Waals surface area contributed by atoms with E-state index in [1.54, 1.807) is 7.11 Å². The van der Waals surface area contributed by atoms with Crippen LogP contribution in [0.5, 0.6) is 5.75 Å². The van der Waals surface area contributed by atoms with Gasteiger partial charge in [-0.05, 0) is 78.5 Å². The summed E-state index contributed by atoms with van der Waals surface area (Å²) in [6.07, 6.45) is -4.30. The van der Waals surface area contributed by atoms with Gasteiger partial charge in [0.2, 0.25) is 5.91 Å². The Bertz CT molecular complexity index is 1850. The van der Waals surface area contributed by atoms with Gasteiger partial charge in [0.15, 0.2) is 0 Å². The number of alkyl halides is 3. The van der Waals surface area contributed by atoms with Crippen molar-refractivity contribution >= 4 is 28.5 Å². The number of halogens is 3. The fourth-order valence-corrected chi connectivity index (χ4v) is 6.13. The zero-order valence-corrected chi connectivity index (χ0v) is 25.2. The minimum absolute atomic E-state index is 0.0685. The second-order valence-corrected chi connectivity index (χ2v) is 11.8. The van der Waals surface area contributed by atoms with Crippen LogP contribution in [0, 0.1) is 11.8 Å². The van der Waals surface area contributed by atoms with Crippen LogP contribution in [-0.2, 0) is 21.5 Å². The van der Waals surface area contributed by atoms with Gasteiger partial charge in [0.25, 0.3) is 0 Å². The Labute approximate surface area is 263 Å². The molecule has 1 amide bonds. The van der Waals surface area contributed by atoms with Crippen LogP contribution < -0.4 is 10.1 Å². The lowest BCUT2D eigenvalue weighted by Crippen LogP contribution is -2.43. The van der Waals surface area contributed by atoms with Crippen LogP contribution in [-0.4, -0.2) is 83.5 Å². The monoisotopic (exact) mass is 631 g/mol. The van der Waals surface area contributed by atoms with Crippen LogP contribution in [0.4, 0.5) is 18.9 Å². The van der Waals surface area contributed by atoms with Gasteiger partial charge in [0, 0.05) is 55.3 Å². The molecule has 46 heavy (non-hydrogen) atoms. The summed E-state index contributed by atoms with van der Waals surface area (Å²) in [4.78, 5) is 26.8. The zero-order chi connectivity index (χ0) is 32.6. The number of likely N-dealkylation sites (N-methyl/N-ethyl adjacent to an activating group) is 1. The van der Waals surface area contributed by atoms with Gasteiger partial charge in [0.1, 0.15) is 11.4 Å². The molecular formula is C34H32F3N5O4. The van der Waals surface area contributed by atoms with Crippen molar-refractivity contribution in [3.05, 3.63) is 88.6 Å². The van der Waals surface area contributed by atoms with Crippen molar-refractivity contribution in [1.82, 2.24) is 20.0 Å². The number of aliphatic carboxylic acids is 1. The first kappa shape index (κ1) is 31.1. The molecule has 3 heterocycles. The van der Waals surface area contributed by atoms with Crippen molar-refractivity contribution in [1.29, 1.82) is 0 Å². The topological polar surface area (TPSA) is 111 Å². The maximum absolute atomic E-state index is 13.0. The fourth-order valence-electron chi connectivity index (χ4n) is 6.13. The zero-order valence-electron chi connectivity index (χ0n) is 25.2. The number of fused-ring (bicyclic) bond motifs is 3. The Hall–Kier alpha value is -4.86. The number of rotatable bonds is 4. The average Bonchev–Trinajstić information content (AvgIpc) is 3.58. The number of nitrogens with one attached hydrogen (secondary N) is 2. The number of hydrogen-bond donors (Lipinski definition) is 3. The van der Waals surface area contributed by atoms with Gasteiger partial charge in [-0.1, -0.05) is 24.1 Å². The molecule has 2 aliphatic heterocycles. The van der Waals surface area contributed by atoms with E-state index >= 15 is 0 Å². The molecule has 238 valence electrons. The first-order valence-electron chi connectivity index (χ1n) is 14.8. The SMILES string of the molecule is COc1ccc2c(c1)C1(C[C@H]1c1ccc3c(C#Cc4ccc(CN5CCN(C)CC5)cc4)[nH]nc3c1)C(=O)N2.O=C(O)C(F)(F)F. The predicted octanol–water partition coefficient (Wildman–Crippen LogP) is 4.73. The van der Waals surface area contributed by atoms with Crippen LogP contribution in [0.1, 0.15) is 40.3 Å². The largest absolute Gasteiger partial charge is 0.497 e. The highest BCUT2D eigenvalue weighted by Crippen LogP contribution is 2.65. The van der Waals surface area contributed by atoms with Crippen LogP contribution in [0.15, 0.2) is 60.7 Å². The van der Waals surface area contributed by atoms with Crippen LogP contribution >= 0.6 is 0 Å². The lowest BCUT2D eigenvalue weighted by atomic mass is 9.91. The van der Waals surface area contributed by atoms with Crippen LogP contribution in [0.25, 0.3) is 10.9 Å². The molecular weight excluding hydrogens is 599 g/mol. The minimum atomic E-state index is -5.08. The van der Waals surface area contributed by atoms with E-state index in [-0.39, 0.29) is 11.8 Å². The first-order chi connectivity index (χ1) is 22.0. The maximum Gasteiger partial charge on any atom is 0.490 e. The Kier molecular flexibility index (Phi) is 8.22. The number of amides is 1. The van der Waals surface area contributed by atoms with Crippen molar-refractivity contribution in [2.24, 2.45) is 0 Å². The number of benzene rings is 3. The quantitative estimate of drug-likeness (QED) is 0.280. The van der Waals surface area contributed by atoms with E-state index in [4.69, 9.17) is 14.6 Å². The van der Waals surface area contributed by atoms with E-state index in [2.05, 4.69) is 86.7 Å². The highest BCUT2D eigenvalue weighted by Gasteiger charge is 2.65. The number of aromatic amines is 1. The number of H-pyrrole nitrogens is 1. The fraction of sp³-hybridized carbons (Fsp3) is 0.324. The summed E-state index contributed by atoms with van der Waals surface area (Å²) < 4.78 is 37.2. The number of carbonyl (C=O) groups excluding carboxylic acids is 1. The van der Waals surface area contributed by atoms with E-state index in [0.29, 0.717) is 0 Å². The molecule has 2 fully saturated rings. The van der Waals surface area contributed by atoms with Crippen molar-refractivity contribution in [3.63, 3.8) is 0 Å². The van der Waals surface area contributed by atoms with Gasteiger partial charge in [-0.25, -0.2) is 4.79 Å². The molecule has 7 rings (SSSR count). The average molecular weight is 632 g/mol. The number of methoxy groups -OCH3 is 1. The third-order valence-electron chi connectivity index (χ3n) is 8.83. The molecule has 1 spiro atoms. The number of nitrogens with zero attached hydrogens (tertiary/aromatic N) is 3. The number of anilines is 1. The summed E-state index contributed by atoms with van der Waals surface area (Å²) in [5, 5.41) is 18.8. The Morgan fingerprint density at radius 3 is 2.46 bits per heavy atom. The van der Waals surface area contributed by atoms with Crippen molar-refractivity contribution in [2.45, 2.75) is 30.5 Å². The van der Waals surface area contributed by atoms with E-state index in [1.807, 2.05) is 18.2 Å². The molecule has 2 atom stereocenters. The standard InChI is InChI=1S/C32H31N5O2.C2HF3O2/c1-36-13-15-37(16-14-36)20-22-5-3-21(4-6-22)7-11-28-25-10-8-23(17-30(25)35-34-28)27-19-32(27)26-18-24(39-2)9-12-29(26)33-31(32)38;3-2(4,5)1(6)7/h3-6,8-10,12,17-18,27H,13-16,19-20H2,1-2H3,(H,33,38)(H,34,35);(H,6,7)/t27-,32?;/m0./s1. The van der Waals surface area contributed by atoms with E-state index in [1.165, 1.54) is 5.56 Å². The predicted molar refractivity (Wildman–Crippen MR) is 166 cm³/mol. The molecule has 1 unspecified atom stereocenters. The van der Waals surface area contributed by atoms with Crippen molar-refractivity contribution < 1.29 is 32.6 Å². The molecule has 1 aliphatic carbocycles. The normalized spacial score (nSPS) is 20.7. The number of hydrogen-bond acceptors (Lipinski definition) is 6. The third kappa shape index (κ3) is 6.16. The molecule has 12 heteroatoms. The molecule has 1 saturated heterocycles. The van der Waals surface area contributed by atoms with Gasteiger partial charge < -0.3 is 20.1 Å². The Balaban J connectivity index is 0.000000480. The highest BCUT2D eigenvalue weighted by atomic mass is 19.4. The molecule has 3 aromatic carbocycles. The summed E-state index contributed by atoms with van der Waals surface area (Å²) in [6, 6.07) is 20.6. The van der Waals surface area contributed by atoms with Gasteiger partial charge in [0.05, 0.1) is 18.0 Å². The van der Waals surface area contributed by atoms with Gasteiger partial charge >= 0.3 is 12.1 Å². The van der Waals surface area contributed by atoms with Gasteiger partial charge in [-0.3, -0.25) is 14.8 Å². The van der Waals surface area contributed by atoms with Crippen molar-refractivity contribution in [2.75, 3.05) is 45.7 Å². The van der Waals surface area contributed by atoms with E-state index in [0.717, 1.165) is 83.9 Å². The van der Waals surface area contributed by atoms with E-state index in [9.17, 15) is 18.0 Å². The van der Waals surface area contributed by atoms with Crippen LogP contribution in [0.3, 0.4) is 0 Å². The maximum atomic E-state index is 13.0. The number of aromatic nitrogens is 2. The summed E-state index contributed by atoms with van der Waals surface area (Å²) >= 11 is 0. The molecule has 4 aromatic rings. The number of carbonyl (C=O) groups is 2. The Morgan fingerprint density at radius 1 is 1.07 bits per heavy atom. The number of ether oxygens (including phenoxy) is 1. The number of carboxylic acid groups (broad SMARTS) is 1. The number of carboxylic acids is 1. The third-order valence-corrected chi connectivity index (χ3v) is 8.83. The summed E-state index contributed by atoms with van der Waals surface area (Å²) in [7, 11) is 3.84. The second-order valence-electron chi connectivity index (χ2n) is 11.8. The minimum Gasteiger partial charge on any atom is -0.497 e. The smallest absolute Gasteiger partial charge is 0.490 e. The molecule has 3 N–H and O–H groups in total. The molecule has 3 aliphatic rings. The number of piperazine rings is 1. The lowest BCUT2D eigenvalue weighted by molar-refractivity contribution is -0.192. The molecule has 9 nitrogen and oxygen atoms in total. The lowest BCUT2D eigenvalue weighted by Gasteiger charge is -2.32. The molecule has 0 bridgehead atoms. The summed E-state index contributed by atoms with van der Waals surface area (Å²) in [6.45, 7) is 5.47. The van der Waals surface area contributed by atoms with Crippen LogP contribution in [0.2, 0.25) is 0 Å². The Morgan fingerprint density at radius 2 is 1.78 bits per heavy atom. The van der Waals surface area contributed by atoms with Gasteiger partial charge in [-0.15, -0.1) is 0 Å². The van der Waals surface area contributed by atoms with Gasteiger partial charge in [-0.2, -0.15) is 18.3 Å². The molecule has 1 aromatic heterocycles. The van der Waals surface area contributed by atoms with E-state index < -0.39 is 17.6 Å². The summed E-state index contributed by atoms with van der Waals surface area (Å²) in [5.41, 5.74) is 6.48. The first-order valence-corrected chi connectivity index (χ1v) is 14.8. The second kappa shape index (κ2) is 12.2. The summed E-state index contributed by atoms with van der Waals surface area (Å²) in [5.74, 6) is 4.76. The molecule has 0 radical (unpaired) electrons.